The molecule has 4 nitrogen and oxygen atoms in total. The first-order chi connectivity index (χ1) is 10.2. The quantitative estimate of drug-likeness (QED) is 0.194. The van der Waals surface area contributed by atoms with Crippen LogP contribution in [0.3, 0.4) is 0 Å². The van der Waals surface area contributed by atoms with Gasteiger partial charge < -0.3 is 4.74 Å². The van der Waals surface area contributed by atoms with Crippen LogP contribution in [-0.2, 0) is 0 Å². The first-order valence-electron chi connectivity index (χ1n) is 7.28. The summed E-state index contributed by atoms with van der Waals surface area (Å²) < 4.78 is 6.04. The molecule has 1 aromatic rings. The van der Waals surface area contributed by atoms with Crippen LogP contribution in [0.2, 0.25) is 0 Å². The molecule has 0 unspecified atom stereocenters. The molecular formula is C15H21Br2NO3. The molecule has 0 aliphatic heterocycles. The van der Waals surface area contributed by atoms with E-state index in [1.54, 1.807) is 12.1 Å². The lowest BCUT2D eigenvalue weighted by Crippen LogP contribution is -1.99. The largest absolute Gasteiger partial charge is 0.492 e. The zero-order chi connectivity index (χ0) is 15.5. The fourth-order valence-electron chi connectivity index (χ4n) is 2.01. The fourth-order valence-corrected chi connectivity index (χ4v) is 2.93. The Morgan fingerprint density at radius 3 is 2.29 bits per heavy atom. The number of ether oxygens (including phenoxy) is 1. The van der Waals surface area contributed by atoms with Gasteiger partial charge in [0.1, 0.15) is 10.2 Å². The number of alkyl halides is 1. The van der Waals surface area contributed by atoms with Crippen LogP contribution in [0.1, 0.15) is 44.9 Å². The molecule has 0 heterocycles. The maximum absolute atomic E-state index is 10.8. The Hall–Kier alpha value is -0.620. The Labute approximate surface area is 142 Å². The predicted molar refractivity (Wildman–Crippen MR) is 92.4 cm³/mol. The summed E-state index contributed by atoms with van der Waals surface area (Å²) in [5.41, 5.74) is 0.0410. The van der Waals surface area contributed by atoms with Crippen molar-refractivity contribution in [2.45, 2.75) is 44.9 Å². The number of nitro benzene ring substituents is 1. The lowest BCUT2D eigenvalue weighted by molar-refractivity contribution is -0.385. The molecule has 0 saturated carbocycles. The number of hydrogen-bond acceptors (Lipinski definition) is 3. The lowest BCUT2D eigenvalue weighted by atomic mass is 10.1. The van der Waals surface area contributed by atoms with Gasteiger partial charge in [-0.2, -0.15) is 0 Å². The molecule has 0 amide bonds. The van der Waals surface area contributed by atoms with Crippen LogP contribution in [0.25, 0.3) is 0 Å². The Kier molecular flexibility index (Phi) is 9.67. The van der Waals surface area contributed by atoms with E-state index < -0.39 is 4.92 Å². The van der Waals surface area contributed by atoms with Crippen LogP contribution < -0.4 is 4.74 Å². The number of halogens is 2. The minimum Gasteiger partial charge on any atom is -0.492 e. The first kappa shape index (κ1) is 18.4. The van der Waals surface area contributed by atoms with Crippen molar-refractivity contribution in [3.8, 4) is 5.75 Å². The van der Waals surface area contributed by atoms with Crippen LogP contribution in [0.4, 0.5) is 5.69 Å². The van der Waals surface area contributed by atoms with Crippen LogP contribution in [-0.4, -0.2) is 16.9 Å². The summed E-state index contributed by atoms with van der Waals surface area (Å²) >= 11 is 6.66. The summed E-state index contributed by atoms with van der Waals surface area (Å²) in [7, 11) is 0. The van der Waals surface area contributed by atoms with Gasteiger partial charge in [0, 0.05) is 11.4 Å². The number of benzene rings is 1. The van der Waals surface area contributed by atoms with Crippen LogP contribution in [0, 0.1) is 10.1 Å². The van der Waals surface area contributed by atoms with E-state index >= 15 is 0 Å². The van der Waals surface area contributed by atoms with Crippen molar-refractivity contribution < 1.29 is 9.66 Å². The molecule has 0 bridgehead atoms. The summed E-state index contributed by atoms with van der Waals surface area (Å²) in [5, 5.41) is 11.9. The molecular weight excluding hydrogens is 402 g/mol. The van der Waals surface area contributed by atoms with E-state index in [2.05, 4.69) is 31.9 Å². The third-order valence-electron chi connectivity index (χ3n) is 3.18. The molecule has 0 aliphatic carbocycles. The van der Waals surface area contributed by atoms with E-state index in [0.717, 1.165) is 18.2 Å². The minimum absolute atomic E-state index is 0.0410. The second kappa shape index (κ2) is 11.0. The van der Waals surface area contributed by atoms with Gasteiger partial charge >= 0.3 is 0 Å². The zero-order valence-corrected chi connectivity index (χ0v) is 15.2. The molecule has 0 spiro atoms. The third-order valence-corrected chi connectivity index (χ3v) is 4.53. The van der Waals surface area contributed by atoms with E-state index in [0.29, 0.717) is 16.8 Å². The monoisotopic (exact) mass is 421 g/mol. The number of rotatable bonds is 11. The summed E-state index contributed by atoms with van der Waals surface area (Å²) in [4.78, 5) is 10.4. The highest BCUT2D eigenvalue weighted by Gasteiger charge is 2.15. The summed E-state index contributed by atoms with van der Waals surface area (Å²) in [6.45, 7) is 0.598. The lowest BCUT2D eigenvalue weighted by Gasteiger charge is -2.08. The van der Waals surface area contributed by atoms with Crippen LogP contribution in [0.15, 0.2) is 22.7 Å². The third kappa shape index (κ3) is 7.27. The molecule has 0 aliphatic rings. The number of unbranched alkanes of at least 4 members (excludes halogenated alkanes) is 6. The van der Waals surface area contributed by atoms with E-state index in [-0.39, 0.29) is 5.69 Å². The Morgan fingerprint density at radius 1 is 1.05 bits per heavy atom. The van der Waals surface area contributed by atoms with E-state index in [4.69, 9.17) is 4.74 Å². The average molecular weight is 423 g/mol. The van der Waals surface area contributed by atoms with Crippen molar-refractivity contribution in [1.82, 2.24) is 0 Å². The summed E-state index contributed by atoms with van der Waals surface area (Å²) in [5.74, 6) is 0.543. The zero-order valence-electron chi connectivity index (χ0n) is 12.0. The Balaban J connectivity index is 2.19. The van der Waals surface area contributed by atoms with Crippen LogP contribution in [0.5, 0.6) is 5.75 Å². The smallest absolute Gasteiger partial charge is 0.287 e. The second-order valence-electron chi connectivity index (χ2n) is 4.86. The Morgan fingerprint density at radius 2 is 1.67 bits per heavy atom. The van der Waals surface area contributed by atoms with Crippen molar-refractivity contribution >= 4 is 37.5 Å². The number of nitro groups is 1. The van der Waals surface area contributed by atoms with Crippen molar-refractivity contribution in [2.75, 3.05) is 11.9 Å². The molecule has 118 valence electrons. The molecule has 0 N–H and O–H groups in total. The topological polar surface area (TPSA) is 52.4 Å². The summed E-state index contributed by atoms with van der Waals surface area (Å²) in [6.07, 6.45) is 8.46. The van der Waals surface area contributed by atoms with Gasteiger partial charge in [-0.05, 0) is 34.8 Å². The number of hydrogen-bond donors (Lipinski definition) is 0. The van der Waals surface area contributed by atoms with Gasteiger partial charge in [0.2, 0.25) is 0 Å². The maximum Gasteiger partial charge on any atom is 0.287 e. The average Bonchev–Trinajstić information content (AvgIpc) is 2.46. The van der Waals surface area contributed by atoms with Gasteiger partial charge in [0.15, 0.2) is 0 Å². The van der Waals surface area contributed by atoms with E-state index in [1.807, 2.05) is 0 Å². The highest BCUT2D eigenvalue weighted by molar-refractivity contribution is 9.10. The van der Waals surface area contributed by atoms with Gasteiger partial charge in [-0.25, -0.2) is 0 Å². The molecule has 21 heavy (non-hydrogen) atoms. The Bertz CT molecular complexity index is 441. The molecule has 0 saturated heterocycles. The SMILES string of the molecule is O=[N+]([O-])c1cccc(OCCCCCCCCCBr)c1Br. The second-order valence-corrected chi connectivity index (χ2v) is 6.44. The van der Waals surface area contributed by atoms with Crippen molar-refractivity contribution in [3.63, 3.8) is 0 Å². The van der Waals surface area contributed by atoms with E-state index in [9.17, 15) is 10.1 Å². The highest BCUT2D eigenvalue weighted by Crippen LogP contribution is 2.33. The van der Waals surface area contributed by atoms with Crippen LogP contribution >= 0.6 is 31.9 Å². The first-order valence-corrected chi connectivity index (χ1v) is 9.20. The molecule has 1 rings (SSSR count). The molecule has 0 radical (unpaired) electrons. The van der Waals surface area contributed by atoms with Gasteiger partial charge in [0.25, 0.3) is 5.69 Å². The molecule has 1 aromatic carbocycles. The van der Waals surface area contributed by atoms with E-state index in [1.165, 1.54) is 38.2 Å². The van der Waals surface area contributed by atoms with Crippen molar-refractivity contribution in [2.24, 2.45) is 0 Å². The van der Waals surface area contributed by atoms with Crippen molar-refractivity contribution in [3.05, 3.63) is 32.8 Å². The van der Waals surface area contributed by atoms with Gasteiger partial charge in [-0.3, -0.25) is 10.1 Å². The maximum atomic E-state index is 10.8. The van der Waals surface area contributed by atoms with Crippen molar-refractivity contribution in [1.29, 1.82) is 0 Å². The number of nitrogens with zero attached hydrogens (tertiary/aromatic N) is 1. The standard InChI is InChI=1S/C15H21Br2NO3/c16-11-6-4-2-1-3-5-7-12-21-14-10-8-9-13(15(14)17)18(19)20/h8-10H,1-7,11-12H2. The molecule has 0 aromatic heterocycles. The molecule has 6 heteroatoms. The highest BCUT2D eigenvalue weighted by atomic mass is 79.9. The van der Waals surface area contributed by atoms with Gasteiger partial charge in [0.05, 0.1) is 11.5 Å². The predicted octanol–water partition coefficient (Wildman–Crippen LogP) is 5.86. The minimum atomic E-state index is -0.413. The molecule has 0 atom stereocenters. The van der Waals surface area contributed by atoms with Gasteiger partial charge in [-0.1, -0.05) is 54.1 Å². The summed E-state index contributed by atoms with van der Waals surface area (Å²) in [6, 6.07) is 4.85. The molecule has 0 fully saturated rings. The van der Waals surface area contributed by atoms with Gasteiger partial charge in [-0.15, -0.1) is 0 Å². The normalized spacial score (nSPS) is 10.6. The fraction of sp³-hybridized carbons (Fsp3) is 0.600.